The number of methoxy groups -OCH3 is 2. The Hall–Kier alpha value is -3.17. The third-order valence-electron chi connectivity index (χ3n) is 4.54. The zero-order valence-electron chi connectivity index (χ0n) is 16.1. The van der Waals surface area contributed by atoms with Gasteiger partial charge >= 0.3 is 5.97 Å². The van der Waals surface area contributed by atoms with Gasteiger partial charge in [-0.15, -0.1) is 0 Å². The number of nitrogens with one attached hydrogen (secondary N) is 1. The summed E-state index contributed by atoms with van der Waals surface area (Å²) in [5.74, 6) is -0.100. The molecule has 2 unspecified atom stereocenters. The number of morpholine rings is 1. The minimum atomic E-state index is -1.02. The second-order valence-corrected chi connectivity index (χ2v) is 6.31. The zero-order valence-corrected chi connectivity index (χ0v) is 16.1. The number of ether oxygens (including phenoxy) is 4. The van der Waals surface area contributed by atoms with Crippen LogP contribution in [0.5, 0.6) is 11.5 Å². The van der Waals surface area contributed by atoms with Gasteiger partial charge in [-0.05, 0) is 11.6 Å². The van der Waals surface area contributed by atoms with Crippen LogP contribution in [0.3, 0.4) is 0 Å². The van der Waals surface area contributed by atoms with Crippen molar-refractivity contribution in [1.29, 1.82) is 0 Å². The molecule has 1 aliphatic heterocycles. The van der Waals surface area contributed by atoms with E-state index in [4.69, 9.17) is 18.9 Å². The molecular formula is C20H22N2O7. The van der Waals surface area contributed by atoms with Crippen LogP contribution in [0.1, 0.15) is 17.2 Å². The summed E-state index contributed by atoms with van der Waals surface area (Å²) in [7, 11) is 2.82. The Labute approximate surface area is 167 Å². The van der Waals surface area contributed by atoms with Crippen LogP contribution in [0, 0.1) is 10.1 Å². The summed E-state index contributed by atoms with van der Waals surface area (Å²) in [6.07, 6.45) is -1.80. The summed E-state index contributed by atoms with van der Waals surface area (Å²) in [5, 5.41) is 14.8. The van der Waals surface area contributed by atoms with E-state index in [1.165, 1.54) is 26.4 Å². The molecule has 0 bridgehead atoms. The molecule has 1 saturated heterocycles. The average Bonchev–Trinajstić information content (AvgIpc) is 2.77. The standard InChI is InChI=1S/C20H22N2O7/c1-26-16-10-14(15(22(24)25)11-17(16)27-2)19(13-6-4-3-5-7-13)29-20(23)18-12-21-8-9-28-18/h3-7,10-11,18-19,21H,8-9,12H2,1-2H3. The van der Waals surface area contributed by atoms with Crippen molar-refractivity contribution in [2.24, 2.45) is 0 Å². The molecule has 9 heteroatoms. The maximum atomic E-state index is 12.7. The monoisotopic (exact) mass is 402 g/mol. The Morgan fingerprint density at radius 3 is 2.48 bits per heavy atom. The fraction of sp³-hybridized carbons (Fsp3) is 0.350. The number of nitrogens with zero attached hydrogens (tertiary/aromatic N) is 1. The van der Waals surface area contributed by atoms with E-state index in [1.807, 2.05) is 0 Å². The van der Waals surface area contributed by atoms with Crippen LogP contribution in [0.25, 0.3) is 0 Å². The minimum absolute atomic E-state index is 0.177. The third-order valence-corrected chi connectivity index (χ3v) is 4.54. The van der Waals surface area contributed by atoms with Crippen LogP contribution in [0.2, 0.25) is 0 Å². The zero-order chi connectivity index (χ0) is 20.8. The van der Waals surface area contributed by atoms with E-state index in [1.54, 1.807) is 30.3 Å². The fourth-order valence-electron chi connectivity index (χ4n) is 3.10. The number of benzene rings is 2. The maximum Gasteiger partial charge on any atom is 0.337 e. The lowest BCUT2D eigenvalue weighted by atomic mass is 9.99. The first-order chi connectivity index (χ1) is 14.0. The summed E-state index contributed by atoms with van der Waals surface area (Å²) in [6, 6.07) is 11.5. The molecule has 0 amide bonds. The summed E-state index contributed by atoms with van der Waals surface area (Å²) >= 11 is 0. The first-order valence-corrected chi connectivity index (χ1v) is 9.03. The molecule has 0 radical (unpaired) electrons. The molecular weight excluding hydrogens is 380 g/mol. The molecule has 2 atom stereocenters. The Morgan fingerprint density at radius 1 is 1.21 bits per heavy atom. The van der Waals surface area contributed by atoms with E-state index in [0.717, 1.165) is 0 Å². The molecule has 1 heterocycles. The van der Waals surface area contributed by atoms with Crippen molar-refractivity contribution < 1.29 is 28.7 Å². The number of nitro benzene ring substituents is 1. The molecule has 1 N–H and O–H groups in total. The van der Waals surface area contributed by atoms with Gasteiger partial charge in [0.1, 0.15) is 0 Å². The number of rotatable bonds is 7. The SMILES string of the molecule is COc1cc(C(OC(=O)C2CNCCO2)c2ccccc2)c([N+](=O)[O-])cc1OC. The molecule has 0 spiro atoms. The number of hydrogen-bond acceptors (Lipinski definition) is 8. The molecule has 29 heavy (non-hydrogen) atoms. The molecule has 0 aliphatic carbocycles. The van der Waals surface area contributed by atoms with Crippen molar-refractivity contribution in [3.63, 3.8) is 0 Å². The minimum Gasteiger partial charge on any atom is -0.493 e. The highest BCUT2D eigenvalue weighted by Crippen LogP contribution is 2.40. The van der Waals surface area contributed by atoms with Gasteiger partial charge in [0.2, 0.25) is 0 Å². The number of hydrogen-bond donors (Lipinski definition) is 1. The topological polar surface area (TPSA) is 109 Å². The second kappa shape index (κ2) is 9.35. The van der Waals surface area contributed by atoms with E-state index < -0.39 is 23.1 Å². The Bertz CT molecular complexity index is 867. The van der Waals surface area contributed by atoms with Crippen molar-refractivity contribution >= 4 is 11.7 Å². The van der Waals surface area contributed by atoms with Crippen molar-refractivity contribution in [3.8, 4) is 11.5 Å². The lowest BCUT2D eigenvalue weighted by Crippen LogP contribution is -2.44. The Kier molecular flexibility index (Phi) is 6.63. The summed E-state index contributed by atoms with van der Waals surface area (Å²) < 4.78 is 21.7. The van der Waals surface area contributed by atoms with E-state index >= 15 is 0 Å². The van der Waals surface area contributed by atoms with E-state index in [0.29, 0.717) is 31.0 Å². The number of carbonyl (C=O) groups excluding carboxylic acids is 1. The van der Waals surface area contributed by atoms with E-state index in [-0.39, 0.29) is 17.0 Å². The van der Waals surface area contributed by atoms with Gasteiger partial charge in [-0.25, -0.2) is 4.79 Å². The first kappa shape index (κ1) is 20.6. The van der Waals surface area contributed by atoms with Crippen LogP contribution in [-0.2, 0) is 14.3 Å². The van der Waals surface area contributed by atoms with Crippen molar-refractivity contribution in [3.05, 3.63) is 63.7 Å². The smallest absolute Gasteiger partial charge is 0.337 e. The number of nitro groups is 1. The second-order valence-electron chi connectivity index (χ2n) is 6.31. The molecule has 154 valence electrons. The van der Waals surface area contributed by atoms with Crippen molar-refractivity contribution in [1.82, 2.24) is 5.32 Å². The van der Waals surface area contributed by atoms with E-state index in [2.05, 4.69) is 5.32 Å². The van der Waals surface area contributed by atoms with Gasteiger partial charge in [0, 0.05) is 13.1 Å². The molecule has 0 saturated carbocycles. The van der Waals surface area contributed by atoms with Crippen LogP contribution in [0.15, 0.2) is 42.5 Å². The van der Waals surface area contributed by atoms with Crippen molar-refractivity contribution in [2.75, 3.05) is 33.9 Å². The highest BCUT2D eigenvalue weighted by atomic mass is 16.6. The van der Waals surface area contributed by atoms with Gasteiger partial charge < -0.3 is 24.3 Å². The Morgan fingerprint density at radius 2 is 1.90 bits per heavy atom. The highest BCUT2D eigenvalue weighted by Gasteiger charge is 2.32. The van der Waals surface area contributed by atoms with Crippen LogP contribution >= 0.6 is 0 Å². The summed E-state index contributed by atoms with van der Waals surface area (Å²) in [6.45, 7) is 1.34. The molecule has 1 fully saturated rings. The first-order valence-electron chi connectivity index (χ1n) is 9.03. The average molecular weight is 402 g/mol. The number of esters is 1. The van der Waals surface area contributed by atoms with Gasteiger partial charge in [0.25, 0.3) is 5.69 Å². The predicted octanol–water partition coefficient (Wildman–Crippen LogP) is 2.23. The Balaban J connectivity index is 2.06. The molecule has 0 aromatic heterocycles. The highest BCUT2D eigenvalue weighted by molar-refractivity contribution is 5.76. The number of carbonyl (C=O) groups is 1. The predicted molar refractivity (Wildman–Crippen MR) is 103 cm³/mol. The third kappa shape index (κ3) is 4.64. The maximum absolute atomic E-state index is 12.7. The molecule has 3 rings (SSSR count). The van der Waals surface area contributed by atoms with Gasteiger partial charge in [0.15, 0.2) is 23.7 Å². The lowest BCUT2D eigenvalue weighted by Gasteiger charge is -2.25. The van der Waals surface area contributed by atoms with E-state index in [9.17, 15) is 14.9 Å². The largest absolute Gasteiger partial charge is 0.493 e. The van der Waals surface area contributed by atoms with Gasteiger partial charge in [0.05, 0.1) is 37.4 Å². The normalized spacial score (nSPS) is 17.2. The van der Waals surface area contributed by atoms with Gasteiger partial charge in [-0.1, -0.05) is 30.3 Å². The molecule has 1 aliphatic rings. The molecule has 2 aromatic rings. The summed E-state index contributed by atoms with van der Waals surface area (Å²) in [5.41, 5.74) is 0.517. The fourth-order valence-corrected chi connectivity index (χ4v) is 3.10. The summed E-state index contributed by atoms with van der Waals surface area (Å²) in [4.78, 5) is 23.9. The lowest BCUT2D eigenvalue weighted by molar-refractivity contribution is -0.386. The van der Waals surface area contributed by atoms with Crippen LogP contribution < -0.4 is 14.8 Å². The molecule has 9 nitrogen and oxygen atoms in total. The van der Waals surface area contributed by atoms with Gasteiger partial charge in [-0.2, -0.15) is 0 Å². The van der Waals surface area contributed by atoms with Gasteiger partial charge in [-0.3, -0.25) is 10.1 Å². The van der Waals surface area contributed by atoms with Crippen LogP contribution in [-0.4, -0.2) is 50.9 Å². The quantitative estimate of drug-likeness (QED) is 0.427. The molecule has 2 aromatic carbocycles. The van der Waals surface area contributed by atoms with Crippen LogP contribution in [0.4, 0.5) is 5.69 Å². The van der Waals surface area contributed by atoms with Crippen molar-refractivity contribution in [2.45, 2.75) is 12.2 Å².